The van der Waals surface area contributed by atoms with Crippen molar-refractivity contribution >= 4 is 33.7 Å². The van der Waals surface area contributed by atoms with Crippen molar-refractivity contribution in [2.75, 3.05) is 5.32 Å². The second kappa shape index (κ2) is 12.0. The number of sulfonamides is 1. The van der Waals surface area contributed by atoms with Gasteiger partial charge in [-0.05, 0) is 67.6 Å². The first-order valence-corrected chi connectivity index (χ1v) is 12.9. The lowest BCUT2D eigenvalue weighted by Gasteiger charge is -2.07. The van der Waals surface area contributed by atoms with Gasteiger partial charge in [0.15, 0.2) is 0 Å². The topological polar surface area (TPSA) is 139 Å². The summed E-state index contributed by atoms with van der Waals surface area (Å²) in [4.78, 5) is 24.3. The lowest BCUT2D eigenvalue weighted by Crippen LogP contribution is -2.32. The minimum Gasteiger partial charge on any atom is -0.459 e. The van der Waals surface area contributed by atoms with Crippen molar-refractivity contribution in [3.05, 3.63) is 108 Å². The number of nitrogens with zero attached hydrogens (tertiary/aromatic N) is 1. The number of para-hydroxylation sites is 1. The molecule has 4 rings (SSSR count). The van der Waals surface area contributed by atoms with Crippen molar-refractivity contribution in [3.63, 3.8) is 0 Å². The number of hydrogen-bond acceptors (Lipinski definition) is 7. The number of aryl methyl sites for hydroxylation is 1. The first-order valence-electron chi connectivity index (χ1n) is 11.4. The molecule has 1 heterocycles. The molecule has 194 valence electrons. The highest BCUT2D eigenvalue weighted by atomic mass is 32.2. The van der Waals surface area contributed by atoms with Gasteiger partial charge in [-0.3, -0.25) is 9.59 Å². The standard InChI is InChI=1S/C27H24N4O6S/c1-19-7-15-25(16-8-19)38(34,35)29-18-24-14-13-23(37-24)17-28-31-27(33)26(32)30-20-9-11-22(12-10-20)36-21-5-3-2-4-6-21/h2-17,29H,18H2,1H3,(H,30,32)(H,31,33)/b28-17+. The first-order chi connectivity index (χ1) is 18.3. The summed E-state index contributed by atoms with van der Waals surface area (Å²) in [6.07, 6.45) is 1.19. The Morgan fingerprint density at radius 3 is 2.26 bits per heavy atom. The maximum atomic E-state index is 12.4. The molecule has 0 bridgehead atoms. The van der Waals surface area contributed by atoms with Crippen LogP contribution in [0.2, 0.25) is 0 Å². The van der Waals surface area contributed by atoms with Crippen molar-refractivity contribution < 1.29 is 27.2 Å². The van der Waals surface area contributed by atoms with Crippen LogP contribution in [0.5, 0.6) is 11.5 Å². The van der Waals surface area contributed by atoms with Crippen molar-refractivity contribution in [2.45, 2.75) is 18.4 Å². The lowest BCUT2D eigenvalue weighted by molar-refractivity contribution is -0.136. The number of nitrogens with one attached hydrogen (secondary N) is 3. The number of rotatable bonds is 9. The summed E-state index contributed by atoms with van der Waals surface area (Å²) in [5.74, 6) is -0.0547. The van der Waals surface area contributed by atoms with Crippen LogP contribution in [0.4, 0.5) is 5.69 Å². The molecule has 0 aliphatic carbocycles. The normalized spacial score (nSPS) is 11.3. The molecule has 0 aliphatic rings. The van der Waals surface area contributed by atoms with Crippen molar-refractivity contribution in [3.8, 4) is 11.5 Å². The quantitative estimate of drug-likeness (QED) is 0.169. The van der Waals surface area contributed by atoms with E-state index in [2.05, 4.69) is 20.6 Å². The number of hydrazone groups is 1. The molecule has 0 aliphatic heterocycles. The minimum absolute atomic E-state index is 0.0754. The molecule has 0 radical (unpaired) electrons. The second-order valence-corrected chi connectivity index (χ2v) is 9.80. The van der Waals surface area contributed by atoms with Gasteiger partial charge in [-0.25, -0.2) is 18.6 Å². The van der Waals surface area contributed by atoms with Crippen LogP contribution in [0, 0.1) is 6.92 Å². The van der Waals surface area contributed by atoms with E-state index in [0.717, 1.165) is 5.56 Å². The molecule has 0 unspecified atom stereocenters. The Morgan fingerprint density at radius 2 is 1.55 bits per heavy atom. The van der Waals surface area contributed by atoms with E-state index in [9.17, 15) is 18.0 Å². The Bertz CT molecular complexity index is 1530. The molecule has 0 fully saturated rings. The summed E-state index contributed by atoms with van der Waals surface area (Å²) in [5.41, 5.74) is 3.46. The van der Waals surface area contributed by atoms with Gasteiger partial charge in [0.25, 0.3) is 0 Å². The highest BCUT2D eigenvalue weighted by molar-refractivity contribution is 7.89. The van der Waals surface area contributed by atoms with Gasteiger partial charge in [-0.1, -0.05) is 35.9 Å². The molecule has 10 nitrogen and oxygen atoms in total. The Kier molecular flexibility index (Phi) is 8.31. The molecular weight excluding hydrogens is 508 g/mol. The summed E-state index contributed by atoms with van der Waals surface area (Å²) in [6, 6.07) is 25.3. The van der Waals surface area contributed by atoms with E-state index >= 15 is 0 Å². The Balaban J connectivity index is 1.23. The number of ether oxygens (including phenoxy) is 1. The Labute approximate surface area is 219 Å². The van der Waals surface area contributed by atoms with Gasteiger partial charge in [0.1, 0.15) is 23.0 Å². The van der Waals surface area contributed by atoms with Crippen LogP contribution >= 0.6 is 0 Å². The van der Waals surface area contributed by atoms with Gasteiger partial charge in [0.2, 0.25) is 10.0 Å². The number of amides is 2. The van der Waals surface area contributed by atoms with E-state index in [-0.39, 0.29) is 17.2 Å². The number of carbonyl (C=O) groups is 2. The smallest absolute Gasteiger partial charge is 0.329 e. The van der Waals surface area contributed by atoms with E-state index in [1.165, 1.54) is 18.3 Å². The molecule has 3 aromatic carbocycles. The van der Waals surface area contributed by atoms with Crippen molar-refractivity contribution in [2.24, 2.45) is 5.10 Å². The Hall–Kier alpha value is -4.74. The number of furan rings is 1. The van der Waals surface area contributed by atoms with Crippen LogP contribution in [-0.4, -0.2) is 26.4 Å². The lowest BCUT2D eigenvalue weighted by atomic mass is 10.2. The fourth-order valence-corrected chi connectivity index (χ4v) is 4.14. The molecule has 0 saturated heterocycles. The SMILES string of the molecule is Cc1ccc(S(=O)(=O)NCc2ccc(/C=N/NC(=O)C(=O)Nc3ccc(Oc4ccccc4)cc3)o2)cc1. The van der Waals surface area contributed by atoms with E-state index in [1.54, 1.807) is 48.5 Å². The molecule has 0 atom stereocenters. The largest absolute Gasteiger partial charge is 0.459 e. The number of hydrogen-bond donors (Lipinski definition) is 3. The van der Waals surface area contributed by atoms with Crippen LogP contribution in [0.3, 0.4) is 0 Å². The fraction of sp³-hybridized carbons (Fsp3) is 0.0741. The fourth-order valence-electron chi connectivity index (χ4n) is 3.15. The zero-order chi connectivity index (χ0) is 27.0. The van der Waals surface area contributed by atoms with E-state index in [0.29, 0.717) is 22.9 Å². The monoisotopic (exact) mass is 532 g/mol. The van der Waals surface area contributed by atoms with Crippen LogP contribution in [0.1, 0.15) is 17.1 Å². The third kappa shape index (κ3) is 7.38. The molecular formula is C27H24N4O6S. The number of anilines is 1. The predicted octanol–water partition coefficient (Wildman–Crippen LogP) is 3.95. The van der Waals surface area contributed by atoms with Gasteiger partial charge >= 0.3 is 11.8 Å². The molecule has 2 amide bonds. The summed E-state index contributed by atoms with van der Waals surface area (Å²) < 4.78 is 38.4. The summed E-state index contributed by atoms with van der Waals surface area (Å²) >= 11 is 0. The predicted molar refractivity (Wildman–Crippen MR) is 141 cm³/mol. The second-order valence-electron chi connectivity index (χ2n) is 8.03. The highest BCUT2D eigenvalue weighted by Gasteiger charge is 2.15. The molecule has 4 aromatic rings. The van der Waals surface area contributed by atoms with Gasteiger partial charge < -0.3 is 14.5 Å². The first kappa shape index (κ1) is 26.3. The molecule has 1 aromatic heterocycles. The van der Waals surface area contributed by atoms with Crippen LogP contribution < -0.4 is 20.2 Å². The maximum absolute atomic E-state index is 12.4. The van der Waals surface area contributed by atoms with E-state index in [4.69, 9.17) is 9.15 Å². The zero-order valence-electron chi connectivity index (χ0n) is 20.2. The molecule has 0 saturated carbocycles. The van der Waals surface area contributed by atoms with Crippen molar-refractivity contribution in [1.29, 1.82) is 0 Å². The van der Waals surface area contributed by atoms with Crippen molar-refractivity contribution in [1.82, 2.24) is 10.1 Å². The van der Waals surface area contributed by atoms with Crippen LogP contribution in [-0.2, 0) is 26.2 Å². The summed E-state index contributed by atoms with van der Waals surface area (Å²) in [7, 11) is -3.70. The number of benzene rings is 3. The van der Waals surface area contributed by atoms with Gasteiger partial charge in [-0.2, -0.15) is 5.10 Å². The highest BCUT2D eigenvalue weighted by Crippen LogP contribution is 2.22. The van der Waals surface area contributed by atoms with Crippen LogP contribution in [0.15, 0.2) is 105 Å². The van der Waals surface area contributed by atoms with E-state index < -0.39 is 21.8 Å². The van der Waals surface area contributed by atoms with Gasteiger partial charge in [-0.15, -0.1) is 0 Å². The average molecular weight is 533 g/mol. The minimum atomic E-state index is -3.70. The summed E-state index contributed by atoms with van der Waals surface area (Å²) in [5, 5.41) is 6.17. The molecule has 0 spiro atoms. The van der Waals surface area contributed by atoms with E-state index in [1.807, 2.05) is 37.3 Å². The molecule has 38 heavy (non-hydrogen) atoms. The van der Waals surface area contributed by atoms with Gasteiger partial charge in [0.05, 0.1) is 17.7 Å². The number of carbonyl (C=O) groups excluding carboxylic acids is 2. The third-order valence-electron chi connectivity index (χ3n) is 5.11. The maximum Gasteiger partial charge on any atom is 0.329 e. The molecule has 3 N–H and O–H groups in total. The average Bonchev–Trinajstić information content (AvgIpc) is 3.37. The zero-order valence-corrected chi connectivity index (χ0v) is 21.1. The van der Waals surface area contributed by atoms with Gasteiger partial charge in [0, 0.05) is 5.69 Å². The summed E-state index contributed by atoms with van der Waals surface area (Å²) in [6.45, 7) is 1.79. The Morgan fingerprint density at radius 1 is 0.868 bits per heavy atom. The third-order valence-corrected chi connectivity index (χ3v) is 6.52. The molecule has 11 heteroatoms. The van der Waals surface area contributed by atoms with Crippen LogP contribution in [0.25, 0.3) is 0 Å².